The first-order chi connectivity index (χ1) is 15.1. The van der Waals surface area contributed by atoms with Gasteiger partial charge in [-0.15, -0.1) is 0 Å². The molecule has 1 aromatic heterocycles. The lowest BCUT2D eigenvalue weighted by Crippen LogP contribution is -2.14. The van der Waals surface area contributed by atoms with Gasteiger partial charge in [0.15, 0.2) is 0 Å². The maximum absolute atomic E-state index is 3.57. The van der Waals surface area contributed by atoms with Crippen LogP contribution in [0.5, 0.6) is 0 Å². The van der Waals surface area contributed by atoms with Crippen LogP contribution in [0.15, 0.2) is 89.4 Å². The Morgan fingerprint density at radius 1 is 0.645 bits per heavy atom. The van der Waals surface area contributed by atoms with E-state index in [1.807, 2.05) is 13.8 Å². The van der Waals surface area contributed by atoms with Gasteiger partial charge in [-0.3, -0.25) is 0 Å². The number of aromatic nitrogens is 1. The van der Waals surface area contributed by atoms with E-state index in [1.165, 1.54) is 49.7 Å². The Kier molecular flexibility index (Phi) is 4.79. The molecule has 1 nitrogen and oxygen atoms in total. The summed E-state index contributed by atoms with van der Waals surface area (Å²) >= 11 is 3.57. The van der Waals surface area contributed by atoms with Gasteiger partial charge in [0.2, 0.25) is 0 Å². The molecule has 0 saturated carbocycles. The van der Waals surface area contributed by atoms with Crippen LogP contribution in [0.2, 0.25) is 0 Å². The van der Waals surface area contributed by atoms with Gasteiger partial charge in [0.1, 0.15) is 0 Å². The number of rotatable bonds is 1. The molecule has 1 aliphatic carbocycles. The van der Waals surface area contributed by atoms with Crippen molar-refractivity contribution in [3.8, 4) is 16.8 Å². The minimum atomic E-state index is 0.00111. The molecular weight excluding hydrogens is 442 g/mol. The molecule has 154 valence electrons. The zero-order valence-corrected chi connectivity index (χ0v) is 20.0. The molecule has 2 heteroatoms. The molecule has 5 aromatic rings. The smallest absolute Gasteiger partial charge is 0.0544 e. The molecule has 0 radical (unpaired) electrons. The Labute approximate surface area is 192 Å². The van der Waals surface area contributed by atoms with E-state index < -0.39 is 0 Å². The highest BCUT2D eigenvalue weighted by Crippen LogP contribution is 2.50. The quantitative estimate of drug-likeness (QED) is 0.232. The van der Waals surface area contributed by atoms with Crippen LogP contribution >= 0.6 is 15.9 Å². The Morgan fingerprint density at radius 3 is 2.10 bits per heavy atom. The lowest BCUT2D eigenvalue weighted by Gasteiger charge is -2.21. The number of hydrogen-bond acceptors (Lipinski definition) is 0. The summed E-state index contributed by atoms with van der Waals surface area (Å²) in [6.45, 7) is 8.69. The van der Waals surface area contributed by atoms with Crippen molar-refractivity contribution in [1.82, 2.24) is 4.57 Å². The molecule has 0 fully saturated rings. The van der Waals surface area contributed by atoms with E-state index in [0.29, 0.717) is 0 Å². The lowest BCUT2D eigenvalue weighted by atomic mass is 9.82. The zero-order chi connectivity index (χ0) is 21.8. The van der Waals surface area contributed by atoms with Gasteiger partial charge in [-0.1, -0.05) is 86.1 Å². The van der Waals surface area contributed by atoms with E-state index in [-0.39, 0.29) is 5.41 Å². The number of benzene rings is 4. The van der Waals surface area contributed by atoms with Crippen LogP contribution in [0.4, 0.5) is 0 Å². The monoisotopic (exact) mass is 467 g/mol. The second-order valence-corrected chi connectivity index (χ2v) is 9.33. The number of fused-ring (bicyclic) bond motifs is 6. The Balaban J connectivity index is 0.000000994. The van der Waals surface area contributed by atoms with Gasteiger partial charge in [0.05, 0.1) is 11.0 Å². The summed E-state index contributed by atoms with van der Waals surface area (Å²) in [7, 11) is 0. The highest BCUT2D eigenvalue weighted by Gasteiger charge is 2.36. The van der Waals surface area contributed by atoms with E-state index in [0.717, 1.165) is 4.47 Å². The fraction of sp³-hybridized carbons (Fsp3) is 0.172. The first-order valence-corrected chi connectivity index (χ1v) is 11.8. The van der Waals surface area contributed by atoms with Crippen LogP contribution in [-0.4, -0.2) is 4.57 Å². The Bertz CT molecular complexity index is 1420. The van der Waals surface area contributed by atoms with Gasteiger partial charge in [0.25, 0.3) is 0 Å². The van der Waals surface area contributed by atoms with E-state index in [2.05, 4.69) is 119 Å². The standard InChI is InChI=1S/C27H20BrN.C2H6/c1-27(2)23-9-5-3-7-19(23)21-15-22-20-8-4-6-10-25(20)29(26(22)16-24(21)27)18-13-11-17(28)12-14-18;1-2/h3-16H,1-2H3;1-2H3. The third kappa shape index (κ3) is 2.89. The summed E-state index contributed by atoms with van der Waals surface area (Å²) in [5.41, 5.74) is 9.28. The largest absolute Gasteiger partial charge is 0.309 e. The van der Waals surface area contributed by atoms with E-state index in [1.54, 1.807) is 0 Å². The first kappa shape index (κ1) is 20.1. The predicted molar refractivity (Wildman–Crippen MR) is 137 cm³/mol. The van der Waals surface area contributed by atoms with Gasteiger partial charge in [-0.25, -0.2) is 0 Å². The molecule has 4 aromatic carbocycles. The highest BCUT2D eigenvalue weighted by molar-refractivity contribution is 9.10. The van der Waals surface area contributed by atoms with E-state index in [4.69, 9.17) is 0 Å². The second-order valence-electron chi connectivity index (χ2n) is 8.41. The zero-order valence-electron chi connectivity index (χ0n) is 18.4. The average molecular weight is 468 g/mol. The molecular formula is C29H26BrN. The third-order valence-corrected chi connectivity index (χ3v) is 6.99. The molecule has 0 amide bonds. The normalized spacial score (nSPS) is 13.6. The maximum Gasteiger partial charge on any atom is 0.0544 e. The molecule has 6 rings (SSSR count). The average Bonchev–Trinajstić information content (AvgIpc) is 3.24. The van der Waals surface area contributed by atoms with Crippen molar-refractivity contribution in [2.24, 2.45) is 0 Å². The van der Waals surface area contributed by atoms with Crippen molar-refractivity contribution in [3.63, 3.8) is 0 Å². The van der Waals surface area contributed by atoms with Crippen LogP contribution in [0, 0.1) is 0 Å². The molecule has 0 saturated heterocycles. The first-order valence-electron chi connectivity index (χ1n) is 11.0. The lowest BCUT2D eigenvalue weighted by molar-refractivity contribution is 0.661. The van der Waals surface area contributed by atoms with Gasteiger partial charge in [0, 0.05) is 26.3 Å². The van der Waals surface area contributed by atoms with Crippen LogP contribution in [0.1, 0.15) is 38.8 Å². The predicted octanol–water partition coefficient (Wildman–Crippen LogP) is 8.88. The Hall–Kier alpha value is -2.84. The second kappa shape index (κ2) is 7.39. The molecule has 0 N–H and O–H groups in total. The number of halogens is 1. The van der Waals surface area contributed by atoms with E-state index >= 15 is 0 Å². The molecule has 31 heavy (non-hydrogen) atoms. The SMILES string of the molecule is CC.CC1(C)c2ccccc2-c2cc3c4ccccc4n(-c4ccc(Br)cc4)c3cc21. The Morgan fingerprint density at radius 2 is 1.32 bits per heavy atom. The molecule has 0 bridgehead atoms. The van der Waals surface area contributed by atoms with Gasteiger partial charge in [-0.05, 0) is 64.7 Å². The topological polar surface area (TPSA) is 4.93 Å². The van der Waals surface area contributed by atoms with Crippen LogP contribution in [-0.2, 0) is 5.41 Å². The molecule has 1 aliphatic rings. The van der Waals surface area contributed by atoms with Crippen LogP contribution < -0.4 is 0 Å². The van der Waals surface area contributed by atoms with Crippen molar-refractivity contribution in [3.05, 3.63) is 101 Å². The summed E-state index contributed by atoms with van der Waals surface area (Å²) in [5, 5.41) is 2.62. The minimum Gasteiger partial charge on any atom is -0.309 e. The summed E-state index contributed by atoms with van der Waals surface area (Å²) in [6, 6.07) is 31.0. The minimum absolute atomic E-state index is 0.00111. The van der Waals surface area contributed by atoms with Crippen molar-refractivity contribution in [2.45, 2.75) is 33.1 Å². The maximum atomic E-state index is 3.57. The molecule has 0 aliphatic heterocycles. The highest BCUT2D eigenvalue weighted by atomic mass is 79.9. The summed E-state index contributed by atoms with van der Waals surface area (Å²) < 4.78 is 3.50. The summed E-state index contributed by atoms with van der Waals surface area (Å²) in [5.74, 6) is 0. The fourth-order valence-corrected chi connectivity index (χ4v) is 5.30. The molecule has 0 unspecified atom stereocenters. The molecule has 0 spiro atoms. The van der Waals surface area contributed by atoms with Crippen LogP contribution in [0.3, 0.4) is 0 Å². The van der Waals surface area contributed by atoms with Crippen LogP contribution in [0.25, 0.3) is 38.6 Å². The van der Waals surface area contributed by atoms with Gasteiger partial charge < -0.3 is 4.57 Å². The molecule has 1 heterocycles. The van der Waals surface area contributed by atoms with Crippen molar-refractivity contribution < 1.29 is 0 Å². The van der Waals surface area contributed by atoms with Gasteiger partial charge in [-0.2, -0.15) is 0 Å². The van der Waals surface area contributed by atoms with E-state index in [9.17, 15) is 0 Å². The number of hydrogen-bond donors (Lipinski definition) is 0. The van der Waals surface area contributed by atoms with Crippen molar-refractivity contribution >= 4 is 37.7 Å². The number of para-hydroxylation sites is 1. The molecule has 0 atom stereocenters. The fourth-order valence-electron chi connectivity index (χ4n) is 5.03. The number of nitrogens with zero attached hydrogens (tertiary/aromatic N) is 1. The van der Waals surface area contributed by atoms with Crippen molar-refractivity contribution in [2.75, 3.05) is 0 Å². The van der Waals surface area contributed by atoms with Gasteiger partial charge >= 0.3 is 0 Å². The third-order valence-electron chi connectivity index (χ3n) is 6.46. The van der Waals surface area contributed by atoms with Crippen molar-refractivity contribution in [1.29, 1.82) is 0 Å². The summed E-state index contributed by atoms with van der Waals surface area (Å²) in [6.07, 6.45) is 0. The summed E-state index contributed by atoms with van der Waals surface area (Å²) in [4.78, 5) is 0.